The van der Waals surface area contributed by atoms with Crippen LogP contribution in [-0.4, -0.2) is 49.8 Å². The molecule has 0 aromatic heterocycles. The maximum Gasteiger partial charge on any atom is 0.337 e. The third kappa shape index (κ3) is 6.13. The minimum atomic E-state index is -1.26. The monoisotopic (exact) mass is 442 g/mol. The van der Waals surface area contributed by atoms with Crippen LogP contribution in [0.25, 0.3) is 0 Å². The van der Waals surface area contributed by atoms with Crippen molar-refractivity contribution in [1.82, 2.24) is 21.7 Å². The standard InChI is InChI=1S/C20H18N4O8/c1-31-19(29)13-7-3-11(4-8-13)15(25)21-23-17(27)18(28)24-22-16(26)12-5-9-14(10-6-12)20(30)32-2/h3-10H,1-2H3,(H,21,25)(H,22,26)(H,23,27)(H,24,28). The van der Waals surface area contributed by atoms with Crippen molar-refractivity contribution in [3.8, 4) is 0 Å². The van der Waals surface area contributed by atoms with Gasteiger partial charge in [-0.1, -0.05) is 0 Å². The van der Waals surface area contributed by atoms with E-state index in [1.54, 1.807) is 0 Å². The number of hydrazine groups is 2. The number of rotatable bonds is 4. The zero-order valence-electron chi connectivity index (χ0n) is 16.9. The van der Waals surface area contributed by atoms with Gasteiger partial charge in [-0.25, -0.2) is 9.59 Å². The number of hydrogen-bond donors (Lipinski definition) is 4. The topological polar surface area (TPSA) is 169 Å². The molecule has 0 unspecified atom stereocenters. The van der Waals surface area contributed by atoms with E-state index >= 15 is 0 Å². The van der Waals surface area contributed by atoms with Crippen LogP contribution in [0.15, 0.2) is 48.5 Å². The second-order valence-electron chi connectivity index (χ2n) is 5.95. The second kappa shape index (κ2) is 10.9. The van der Waals surface area contributed by atoms with E-state index in [4.69, 9.17) is 0 Å². The lowest BCUT2D eigenvalue weighted by Crippen LogP contribution is -2.52. The molecule has 12 nitrogen and oxygen atoms in total. The first kappa shape index (κ1) is 23.5. The number of benzene rings is 2. The fraction of sp³-hybridized carbons (Fsp3) is 0.100. The first-order chi connectivity index (χ1) is 15.3. The SMILES string of the molecule is COC(=O)c1ccc(C(=O)NNC(=O)C(=O)NNC(=O)c2ccc(C(=O)OC)cc2)cc1. The molecule has 0 atom stereocenters. The van der Waals surface area contributed by atoms with Gasteiger partial charge in [-0.15, -0.1) is 0 Å². The van der Waals surface area contributed by atoms with Crippen LogP contribution in [0.1, 0.15) is 41.4 Å². The molecule has 0 radical (unpaired) electrons. The van der Waals surface area contributed by atoms with Crippen LogP contribution < -0.4 is 21.7 Å². The summed E-state index contributed by atoms with van der Waals surface area (Å²) in [5.74, 6) is -5.18. The van der Waals surface area contributed by atoms with Gasteiger partial charge in [-0.05, 0) is 48.5 Å². The average molecular weight is 442 g/mol. The summed E-state index contributed by atoms with van der Waals surface area (Å²) in [6, 6.07) is 10.7. The van der Waals surface area contributed by atoms with E-state index < -0.39 is 35.6 Å². The Kier molecular flexibility index (Phi) is 8.00. The molecular formula is C20H18N4O8. The van der Waals surface area contributed by atoms with Gasteiger partial charge in [0.05, 0.1) is 25.3 Å². The van der Waals surface area contributed by atoms with Gasteiger partial charge in [-0.3, -0.25) is 40.9 Å². The molecule has 0 heterocycles. The normalized spacial score (nSPS) is 9.69. The molecule has 2 aromatic carbocycles. The zero-order chi connectivity index (χ0) is 23.7. The van der Waals surface area contributed by atoms with Gasteiger partial charge in [0, 0.05) is 11.1 Å². The Bertz CT molecular complexity index is 963. The van der Waals surface area contributed by atoms with E-state index in [0.29, 0.717) is 0 Å². The Hall–Kier alpha value is -4.74. The Labute approximate surface area is 181 Å². The molecule has 0 fully saturated rings. The molecule has 0 saturated carbocycles. The van der Waals surface area contributed by atoms with Crippen molar-refractivity contribution in [1.29, 1.82) is 0 Å². The van der Waals surface area contributed by atoms with E-state index in [1.165, 1.54) is 62.8 Å². The average Bonchev–Trinajstić information content (AvgIpc) is 2.84. The van der Waals surface area contributed by atoms with E-state index in [0.717, 1.165) is 0 Å². The summed E-state index contributed by atoms with van der Waals surface area (Å²) in [5.41, 5.74) is 8.42. The molecule has 0 aliphatic carbocycles. The maximum absolute atomic E-state index is 12.0. The minimum Gasteiger partial charge on any atom is -0.465 e. The van der Waals surface area contributed by atoms with E-state index in [2.05, 4.69) is 9.47 Å². The molecule has 166 valence electrons. The molecule has 0 aliphatic heterocycles. The first-order valence-corrected chi connectivity index (χ1v) is 8.84. The number of ether oxygens (including phenoxy) is 2. The van der Waals surface area contributed by atoms with Crippen molar-refractivity contribution in [2.45, 2.75) is 0 Å². The lowest BCUT2D eigenvalue weighted by Gasteiger charge is -2.09. The predicted molar refractivity (Wildman–Crippen MR) is 107 cm³/mol. The summed E-state index contributed by atoms with van der Waals surface area (Å²) in [6.45, 7) is 0. The minimum absolute atomic E-state index is 0.0991. The van der Waals surface area contributed by atoms with Gasteiger partial charge >= 0.3 is 23.8 Å². The highest BCUT2D eigenvalue weighted by Gasteiger charge is 2.17. The molecule has 4 N–H and O–H groups in total. The Morgan fingerprint density at radius 1 is 0.500 bits per heavy atom. The smallest absolute Gasteiger partial charge is 0.337 e. The second-order valence-corrected chi connectivity index (χ2v) is 5.95. The Balaban J connectivity index is 1.81. The van der Waals surface area contributed by atoms with E-state index in [9.17, 15) is 28.8 Å². The van der Waals surface area contributed by atoms with Gasteiger partial charge in [-0.2, -0.15) is 0 Å². The highest BCUT2D eigenvalue weighted by atomic mass is 16.5. The third-order valence-corrected chi connectivity index (χ3v) is 3.92. The van der Waals surface area contributed by atoms with Crippen molar-refractivity contribution >= 4 is 35.6 Å². The summed E-state index contributed by atoms with van der Waals surface area (Å²) in [7, 11) is 2.43. The van der Waals surface area contributed by atoms with Gasteiger partial charge in [0.15, 0.2) is 0 Å². The van der Waals surface area contributed by atoms with Crippen LogP contribution in [0, 0.1) is 0 Å². The Morgan fingerprint density at radius 3 is 1.06 bits per heavy atom. The number of nitrogens with one attached hydrogen (secondary N) is 4. The van der Waals surface area contributed by atoms with E-state index in [-0.39, 0.29) is 22.3 Å². The molecular weight excluding hydrogens is 424 g/mol. The van der Waals surface area contributed by atoms with Crippen LogP contribution in [0.4, 0.5) is 0 Å². The number of amides is 4. The van der Waals surface area contributed by atoms with E-state index in [1.807, 2.05) is 21.7 Å². The summed E-state index contributed by atoms with van der Waals surface area (Å²) in [4.78, 5) is 70.2. The summed E-state index contributed by atoms with van der Waals surface area (Å²) >= 11 is 0. The van der Waals surface area contributed by atoms with Crippen molar-refractivity contribution in [2.75, 3.05) is 14.2 Å². The summed E-state index contributed by atoms with van der Waals surface area (Å²) in [5, 5.41) is 0. The largest absolute Gasteiger partial charge is 0.465 e. The zero-order valence-corrected chi connectivity index (χ0v) is 16.9. The third-order valence-electron chi connectivity index (χ3n) is 3.92. The lowest BCUT2D eigenvalue weighted by atomic mass is 10.1. The van der Waals surface area contributed by atoms with Crippen molar-refractivity contribution < 1.29 is 38.2 Å². The number of carbonyl (C=O) groups is 6. The fourth-order valence-electron chi connectivity index (χ4n) is 2.24. The molecule has 12 heteroatoms. The quantitative estimate of drug-likeness (QED) is 0.279. The van der Waals surface area contributed by atoms with Crippen molar-refractivity contribution in [2.24, 2.45) is 0 Å². The molecule has 32 heavy (non-hydrogen) atoms. The van der Waals surface area contributed by atoms with Crippen molar-refractivity contribution in [3.63, 3.8) is 0 Å². The fourth-order valence-corrected chi connectivity index (χ4v) is 2.24. The van der Waals surface area contributed by atoms with Gasteiger partial charge < -0.3 is 9.47 Å². The summed E-state index contributed by atoms with van der Waals surface area (Å²) < 4.78 is 9.08. The molecule has 0 spiro atoms. The van der Waals surface area contributed by atoms with Gasteiger partial charge in [0.2, 0.25) is 0 Å². The highest BCUT2D eigenvalue weighted by molar-refractivity contribution is 6.35. The van der Waals surface area contributed by atoms with Crippen LogP contribution in [0.5, 0.6) is 0 Å². The number of methoxy groups -OCH3 is 2. The van der Waals surface area contributed by atoms with Gasteiger partial charge in [0.1, 0.15) is 0 Å². The molecule has 0 saturated heterocycles. The first-order valence-electron chi connectivity index (χ1n) is 8.84. The number of carbonyl (C=O) groups excluding carboxylic acids is 6. The Morgan fingerprint density at radius 2 is 0.781 bits per heavy atom. The number of esters is 2. The predicted octanol–water partition coefficient (Wildman–Crippen LogP) is -0.518. The molecule has 0 aliphatic rings. The lowest BCUT2D eigenvalue weighted by molar-refractivity contribution is -0.140. The van der Waals surface area contributed by atoms with Gasteiger partial charge in [0.25, 0.3) is 11.8 Å². The molecule has 0 bridgehead atoms. The van der Waals surface area contributed by atoms with Crippen LogP contribution in [0.2, 0.25) is 0 Å². The number of hydrogen-bond acceptors (Lipinski definition) is 8. The van der Waals surface area contributed by atoms with Crippen LogP contribution in [0.3, 0.4) is 0 Å². The maximum atomic E-state index is 12.0. The molecule has 4 amide bonds. The summed E-state index contributed by atoms with van der Waals surface area (Å²) in [6.07, 6.45) is 0. The molecule has 2 aromatic rings. The molecule has 2 rings (SSSR count). The highest BCUT2D eigenvalue weighted by Crippen LogP contribution is 2.06. The van der Waals surface area contributed by atoms with Crippen LogP contribution in [-0.2, 0) is 19.1 Å². The van der Waals surface area contributed by atoms with Crippen molar-refractivity contribution in [3.05, 3.63) is 70.8 Å². The van der Waals surface area contributed by atoms with Crippen LogP contribution >= 0.6 is 0 Å².